The number of amides is 1. The second-order valence-corrected chi connectivity index (χ2v) is 6.33. The maximum absolute atomic E-state index is 12.2. The summed E-state index contributed by atoms with van der Waals surface area (Å²) in [5.74, 6) is -0.744. The average molecular weight is 239 g/mol. The van der Waals surface area contributed by atoms with Crippen LogP contribution < -0.4 is 5.32 Å². The molecule has 0 atom stereocenters. The standard InChI is InChI=1S/C10H9NO4S/c12-6-2-1-3-7-8(6)11-9(13)10(4-5-10)16(7,14)15/h1-3,12H,4-5H2,(H,11,13). The first-order valence-corrected chi connectivity index (χ1v) is 6.35. The number of anilines is 1. The van der Waals surface area contributed by atoms with E-state index in [1.54, 1.807) is 0 Å². The summed E-state index contributed by atoms with van der Waals surface area (Å²) >= 11 is 0. The lowest BCUT2D eigenvalue weighted by Crippen LogP contribution is -2.41. The van der Waals surface area contributed by atoms with Gasteiger partial charge in [0.15, 0.2) is 14.6 Å². The number of fused-ring (bicyclic) bond motifs is 1. The molecule has 1 aromatic rings. The Morgan fingerprint density at radius 3 is 2.62 bits per heavy atom. The molecule has 1 aromatic carbocycles. The Morgan fingerprint density at radius 2 is 2.00 bits per heavy atom. The maximum Gasteiger partial charge on any atom is 0.246 e. The van der Waals surface area contributed by atoms with E-state index in [4.69, 9.17) is 0 Å². The minimum absolute atomic E-state index is 0.00465. The van der Waals surface area contributed by atoms with Gasteiger partial charge in [0.25, 0.3) is 0 Å². The molecule has 5 nitrogen and oxygen atoms in total. The molecule has 1 amide bonds. The lowest BCUT2D eigenvalue weighted by atomic mass is 10.2. The molecule has 16 heavy (non-hydrogen) atoms. The predicted octanol–water partition coefficient (Wildman–Crippen LogP) is 0.651. The van der Waals surface area contributed by atoms with Crippen LogP contribution in [0.15, 0.2) is 23.1 Å². The van der Waals surface area contributed by atoms with E-state index in [0.717, 1.165) is 0 Å². The van der Waals surface area contributed by atoms with Crippen LogP contribution in [0.2, 0.25) is 0 Å². The van der Waals surface area contributed by atoms with Gasteiger partial charge in [0.1, 0.15) is 11.4 Å². The zero-order chi connectivity index (χ0) is 11.6. The van der Waals surface area contributed by atoms with Crippen LogP contribution in [0, 0.1) is 0 Å². The number of rotatable bonds is 0. The molecule has 1 saturated carbocycles. The molecular formula is C10H9NO4S. The number of phenolic OH excluding ortho intramolecular Hbond substituents is 1. The third kappa shape index (κ3) is 0.904. The summed E-state index contributed by atoms with van der Waals surface area (Å²) in [7, 11) is -3.65. The summed E-state index contributed by atoms with van der Waals surface area (Å²) in [4.78, 5) is 11.7. The van der Waals surface area contributed by atoms with Crippen molar-refractivity contribution in [2.24, 2.45) is 0 Å². The van der Waals surface area contributed by atoms with Gasteiger partial charge in [0, 0.05) is 0 Å². The molecule has 0 radical (unpaired) electrons. The Hall–Kier alpha value is -1.56. The topological polar surface area (TPSA) is 83.5 Å². The Kier molecular flexibility index (Phi) is 1.55. The van der Waals surface area contributed by atoms with Crippen molar-refractivity contribution in [1.29, 1.82) is 0 Å². The van der Waals surface area contributed by atoms with Gasteiger partial charge in [-0.3, -0.25) is 4.79 Å². The molecule has 2 aliphatic rings. The third-order valence-corrected chi connectivity index (χ3v) is 5.71. The summed E-state index contributed by atoms with van der Waals surface area (Å²) in [6.07, 6.45) is 0.715. The van der Waals surface area contributed by atoms with Gasteiger partial charge in [-0.2, -0.15) is 0 Å². The van der Waals surface area contributed by atoms with Gasteiger partial charge in [-0.15, -0.1) is 0 Å². The molecular weight excluding hydrogens is 230 g/mol. The number of phenols is 1. The van der Waals surface area contributed by atoms with Crippen molar-refractivity contribution in [3.05, 3.63) is 18.2 Å². The SMILES string of the molecule is O=C1Nc2c(O)cccc2S(=O)(=O)C12CC2. The van der Waals surface area contributed by atoms with E-state index < -0.39 is 20.5 Å². The molecule has 1 heterocycles. The van der Waals surface area contributed by atoms with Crippen molar-refractivity contribution in [2.45, 2.75) is 22.5 Å². The Labute approximate surface area is 92.0 Å². The van der Waals surface area contributed by atoms with Crippen LogP contribution in [-0.2, 0) is 14.6 Å². The number of benzene rings is 1. The van der Waals surface area contributed by atoms with Crippen LogP contribution in [0.3, 0.4) is 0 Å². The van der Waals surface area contributed by atoms with Crippen molar-refractivity contribution in [1.82, 2.24) is 0 Å². The zero-order valence-electron chi connectivity index (χ0n) is 8.23. The molecule has 0 bridgehead atoms. The summed E-state index contributed by atoms with van der Waals surface area (Å²) in [5, 5.41) is 12.0. The highest BCUT2D eigenvalue weighted by atomic mass is 32.2. The number of nitrogens with one attached hydrogen (secondary N) is 1. The van der Waals surface area contributed by atoms with Crippen LogP contribution in [0.1, 0.15) is 12.8 Å². The van der Waals surface area contributed by atoms with Gasteiger partial charge in [-0.05, 0) is 25.0 Å². The van der Waals surface area contributed by atoms with Crippen LogP contribution >= 0.6 is 0 Å². The number of carbonyl (C=O) groups excluding carboxylic acids is 1. The number of aromatic hydroxyl groups is 1. The molecule has 1 fully saturated rings. The van der Waals surface area contributed by atoms with Gasteiger partial charge >= 0.3 is 0 Å². The van der Waals surface area contributed by atoms with Crippen LogP contribution in [0.25, 0.3) is 0 Å². The van der Waals surface area contributed by atoms with Crippen molar-refractivity contribution in [3.63, 3.8) is 0 Å². The molecule has 0 aromatic heterocycles. The summed E-state index contributed by atoms with van der Waals surface area (Å²) in [5.41, 5.74) is 0.00465. The first kappa shape index (κ1) is 9.65. The summed E-state index contributed by atoms with van der Waals surface area (Å²) in [6.45, 7) is 0. The highest BCUT2D eigenvalue weighted by Gasteiger charge is 2.64. The van der Waals surface area contributed by atoms with Crippen molar-refractivity contribution in [2.75, 3.05) is 5.32 Å². The molecule has 1 aliphatic carbocycles. The number of para-hydroxylation sites is 1. The van der Waals surface area contributed by atoms with E-state index >= 15 is 0 Å². The molecule has 84 valence electrons. The van der Waals surface area contributed by atoms with Gasteiger partial charge in [0.2, 0.25) is 5.91 Å². The molecule has 2 N–H and O–H groups in total. The molecule has 1 spiro atoms. The number of hydrogen-bond acceptors (Lipinski definition) is 4. The second kappa shape index (κ2) is 2.57. The first-order valence-electron chi connectivity index (χ1n) is 4.87. The molecule has 6 heteroatoms. The van der Waals surface area contributed by atoms with Crippen molar-refractivity contribution in [3.8, 4) is 5.75 Å². The number of sulfone groups is 1. The quantitative estimate of drug-likeness (QED) is 0.651. The minimum atomic E-state index is -3.65. The predicted molar refractivity (Wildman–Crippen MR) is 55.9 cm³/mol. The fourth-order valence-corrected chi connectivity index (χ4v) is 4.08. The number of carbonyl (C=O) groups is 1. The third-order valence-electron chi connectivity index (χ3n) is 3.16. The van der Waals surface area contributed by atoms with Crippen LogP contribution in [0.5, 0.6) is 5.75 Å². The average Bonchev–Trinajstić information content (AvgIpc) is 2.99. The normalized spacial score (nSPS) is 23.6. The van der Waals surface area contributed by atoms with Crippen LogP contribution in [-0.4, -0.2) is 24.2 Å². The smallest absolute Gasteiger partial charge is 0.246 e. The van der Waals surface area contributed by atoms with E-state index in [0.29, 0.717) is 12.8 Å². The molecule has 0 unspecified atom stereocenters. The van der Waals surface area contributed by atoms with Crippen molar-refractivity contribution < 1.29 is 18.3 Å². The van der Waals surface area contributed by atoms with E-state index in [-0.39, 0.29) is 16.3 Å². The molecule has 0 saturated heterocycles. The maximum atomic E-state index is 12.2. The van der Waals surface area contributed by atoms with Gasteiger partial charge < -0.3 is 10.4 Å². The van der Waals surface area contributed by atoms with Gasteiger partial charge in [-0.1, -0.05) is 6.07 Å². The van der Waals surface area contributed by atoms with Crippen molar-refractivity contribution >= 4 is 21.4 Å². The van der Waals surface area contributed by atoms with E-state index in [9.17, 15) is 18.3 Å². The van der Waals surface area contributed by atoms with E-state index in [1.165, 1.54) is 18.2 Å². The lowest BCUT2D eigenvalue weighted by molar-refractivity contribution is -0.116. The Morgan fingerprint density at radius 1 is 1.31 bits per heavy atom. The largest absolute Gasteiger partial charge is 0.506 e. The summed E-state index contributed by atoms with van der Waals surface area (Å²) < 4.78 is 23.1. The fraction of sp³-hybridized carbons (Fsp3) is 0.300. The summed E-state index contributed by atoms with van der Waals surface area (Å²) in [6, 6.07) is 4.21. The first-order chi connectivity index (χ1) is 7.49. The zero-order valence-corrected chi connectivity index (χ0v) is 9.04. The minimum Gasteiger partial charge on any atom is -0.506 e. The van der Waals surface area contributed by atoms with Gasteiger partial charge in [-0.25, -0.2) is 8.42 Å². The fourth-order valence-electron chi connectivity index (χ4n) is 2.04. The van der Waals surface area contributed by atoms with E-state index in [1.807, 2.05) is 0 Å². The molecule has 1 aliphatic heterocycles. The van der Waals surface area contributed by atoms with E-state index in [2.05, 4.69) is 5.32 Å². The monoisotopic (exact) mass is 239 g/mol. The van der Waals surface area contributed by atoms with Crippen LogP contribution in [0.4, 0.5) is 5.69 Å². The van der Waals surface area contributed by atoms with Gasteiger partial charge in [0.05, 0.1) is 4.90 Å². The Bertz CT molecular complexity index is 601. The highest BCUT2D eigenvalue weighted by molar-refractivity contribution is 7.94. The number of hydrogen-bond donors (Lipinski definition) is 2. The Balaban J connectivity index is 2.35. The highest BCUT2D eigenvalue weighted by Crippen LogP contribution is 2.53. The lowest BCUT2D eigenvalue weighted by Gasteiger charge is -2.24. The molecule has 3 rings (SSSR count). The second-order valence-electron chi connectivity index (χ2n) is 4.10.